The highest BCUT2D eigenvalue weighted by Gasteiger charge is 2.30. The molecule has 0 radical (unpaired) electrons. The number of halogens is 1. The Kier molecular flexibility index (Phi) is 8.30. The summed E-state index contributed by atoms with van der Waals surface area (Å²) >= 11 is 0. The molecule has 0 saturated heterocycles. The maximum atomic E-state index is 13.8. The molecule has 0 aromatic heterocycles. The fourth-order valence-electron chi connectivity index (χ4n) is 4.85. The lowest BCUT2D eigenvalue weighted by molar-refractivity contribution is -0.141. The van der Waals surface area contributed by atoms with Crippen molar-refractivity contribution in [3.8, 4) is 0 Å². The number of benzene rings is 3. The Morgan fingerprint density at radius 3 is 1.97 bits per heavy atom. The van der Waals surface area contributed by atoms with Gasteiger partial charge in [0.25, 0.3) is 0 Å². The van der Waals surface area contributed by atoms with E-state index in [9.17, 15) is 14.0 Å². The van der Waals surface area contributed by atoms with Crippen LogP contribution >= 0.6 is 0 Å². The molecule has 1 N–H and O–H groups in total. The van der Waals surface area contributed by atoms with Crippen LogP contribution in [0.15, 0.2) is 84.9 Å². The number of carbonyl (C=O) groups excluding carboxylic acids is 2. The first-order chi connectivity index (χ1) is 17.0. The summed E-state index contributed by atoms with van der Waals surface area (Å²) in [5, 5.41) is 3.13. The van der Waals surface area contributed by atoms with Crippen LogP contribution in [0.5, 0.6) is 0 Å². The molecular weight excluding hydrogens is 439 g/mol. The Morgan fingerprint density at radius 2 is 1.43 bits per heavy atom. The van der Waals surface area contributed by atoms with E-state index in [0.717, 1.165) is 42.4 Å². The molecular formula is C30H33FN2O2. The number of carbonyl (C=O) groups is 2. The van der Waals surface area contributed by atoms with Crippen molar-refractivity contribution >= 4 is 11.8 Å². The van der Waals surface area contributed by atoms with Gasteiger partial charge in [0.2, 0.25) is 11.8 Å². The molecule has 0 bridgehead atoms. The number of rotatable bonds is 9. The maximum absolute atomic E-state index is 13.8. The number of nitrogens with one attached hydrogen (secondary N) is 1. The molecule has 5 heteroatoms. The molecule has 35 heavy (non-hydrogen) atoms. The van der Waals surface area contributed by atoms with Gasteiger partial charge in [-0.15, -0.1) is 0 Å². The number of nitrogens with zero attached hydrogens (tertiary/aromatic N) is 1. The summed E-state index contributed by atoms with van der Waals surface area (Å²) in [4.78, 5) is 28.6. The van der Waals surface area contributed by atoms with Crippen LogP contribution in [0.1, 0.15) is 61.6 Å². The third kappa shape index (κ3) is 6.56. The topological polar surface area (TPSA) is 49.4 Å². The van der Waals surface area contributed by atoms with Crippen molar-refractivity contribution in [1.29, 1.82) is 0 Å². The summed E-state index contributed by atoms with van der Waals surface area (Å²) in [6, 6.07) is 25.6. The average Bonchev–Trinajstić information content (AvgIpc) is 3.40. The van der Waals surface area contributed by atoms with Crippen molar-refractivity contribution < 1.29 is 14.0 Å². The Bertz CT molecular complexity index is 1060. The predicted octanol–water partition coefficient (Wildman–Crippen LogP) is 5.82. The zero-order chi connectivity index (χ0) is 24.6. The Morgan fingerprint density at radius 1 is 0.886 bits per heavy atom. The largest absolute Gasteiger partial charge is 0.352 e. The summed E-state index contributed by atoms with van der Waals surface area (Å²) in [5.74, 6) is -0.706. The van der Waals surface area contributed by atoms with Gasteiger partial charge in [-0.25, -0.2) is 4.39 Å². The van der Waals surface area contributed by atoms with Crippen LogP contribution in [0.3, 0.4) is 0 Å². The Labute approximate surface area is 207 Å². The molecule has 3 aromatic carbocycles. The first-order valence-electron chi connectivity index (χ1n) is 12.5. The molecule has 1 atom stereocenters. The number of hydrogen-bond donors (Lipinski definition) is 1. The average molecular weight is 473 g/mol. The van der Waals surface area contributed by atoms with E-state index in [2.05, 4.69) is 5.32 Å². The minimum atomic E-state index is -0.639. The molecule has 4 rings (SSSR count). The molecule has 4 nitrogen and oxygen atoms in total. The lowest BCUT2D eigenvalue weighted by Crippen LogP contribution is -2.49. The molecule has 0 unspecified atom stereocenters. The van der Waals surface area contributed by atoms with Gasteiger partial charge >= 0.3 is 0 Å². The molecule has 0 aliphatic heterocycles. The van der Waals surface area contributed by atoms with E-state index in [4.69, 9.17) is 0 Å². The number of amides is 2. The Balaban J connectivity index is 1.59. The van der Waals surface area contributed by atoms with Crippen molar-refractivity contribution in [3.05, 3.63) is 107 Å². The van der Waals surface area contributed by atoms with Gasteiger partial charge < -0.3 is 10.2 Å². The highest BCUT2D eigenvalue weighted by Crippen LogP contribution is 2.29. The highest BCUT2D eigenvalue weighted by atomic mass is 19.1. The predicted molar refractivity (Wildman–Crippen MR) is 136 cm³/mol. The van der Waals surface area contributed by atoms with Gasteiger partial charge in [-0.1, -0.05) is 85.6 Å². The summed E-state index contributed by atoms with van der Waals surface area (Å²) in [5.41, 5.74) is 2.89. The minimum Gasteiger partial charge on any atom is -0.352 e. The van der Waals surface area contributed by atoms with Gasteiger partial charge in [-0.3, -0.25) is 9.59 Å². The first-order valence-corrected chi connectivity index (χ1v) is 12.5. The van der Waals surface area contributed by atoms with Crippen molar-refractivity contribution in [2.75, 3.05) is 0 Å². The van der Waals surface area contributed by atoms with Crippen LogP contribution < -0.4 is 5.32 Å². The van der Waals surface area contributed by atoms with E-state index in [1.807, 2.05) is 60.7 Å². The summed E-state index contributed by atoms with van der Waals surface area (Å²) in [6.45, 7) is 2.03. The lowest BCUT2D eigenvalue weighted by atomic mass is 9.88. The van der Waals surface area contributed by atoms with E-state index in [-0.39, 0.29) is 42.6 Å². The van der Waals surface area contributed by atoms with Crippen LogP contribution in [0.2, 0.25) is 0 Å². The summed E-state index contributed by atoms with van der Waals surface area (Å²) in [7, 11) is 0. The van der Waals surface area contributed by atoms with E-state index >= 15 is 0 Å². The van der Waals surface area contributed by atoms with Crippen molar-refractivity contribution in [2.24, 2.45) is 0 Å². The monoisotopic (exact) mass is 472 g/mol. The van der Waals surface area contributed by atoms with Gasteiger partial charge in [0.05, 0.1) is 0 Å². The quantitative estimate of drug-likeness (QED) is 0.426. The molecule has 0 spiro atoms. The molecule has 1 fully saturated rings. The summed E-state index contributed by atoms with van der Waals surface area (Å²) in [6.07, 6.45) is 4.43. The zero-order valence-electron chi connectivity index (χ0n) is 20.2. The van der Waals surface area contributed by atoms with Crippen LogP contribution in [0.4, 0.5) is 4.39 Å². The van der Waals surface area contributed by atoms with E-state index in [1.54, 1.807) is 24.0 Å². The van der Waals surface area contributed by atoms with Crippen molar-refractivity contribution in [3.63, 3.8) is 0 Å². The molecule has 1 aliphatic carbocycles. The Hall–Kier alpha value is -3.47. The zero-order valence-corrected chi connectivity index (χ0v) is 20.2. The molecule has 182 valence electrons. The van der Waals surface area contributed by atoms with Gasteiger partial charge in [-0.2, -0.15) is 0 Å². The third-order valence-electron chi connectivity index (χ3n) is 6.92. The maximum Gasteiger partial charge on any atom is 0.242 e. The van der Waals surface area contributed by atoms with Gasteiger partial charge in [-0.05, 0) is 48.6 Å². The van der Waals surface area contributed by atoms with Gasteiger partial charge in [0.15, 0.2) is 0 Å². The van der Waals surface area contributed by atoms with E-state index < -0.39 is 6.04 Å². The van der Waals surface area contributed by atoms with Crippen LogP contribution in [-0.4, -0.2) is 28.8 Å². The van der Waals surface area contributed by atoms with E-state index in [0.29, 0.717) is 0 Å². The molecule has 1 saturated carbocycles. The second-order valence-electron chi connectivity index (χ2n) is 9.39. The fourth-order valence-corrected chi connectivity index (χ4v) is 4.85. The fraction of sp³-hybridized carbons (Fsp3) is 0.333. The normalized spacial score (nSPS) is 14.6. The van der Waals surface area contributed by atoms with Crippen molar-refractivity contribution in [2.45, 2.75) is 63.6 Å². The molecule has 1 aliphatic rings. The second kappa shape index (κ2) is 11.8. The summed E-state index contributed by atoms with van der Waals surface area (Å²) < 4.78 is 13.5. The number of hydrogen-bond acceptors (Lipinski definition) is 2. The lowest BCUT2D eigenvalue weighted by Gasteiger charge is -2.31. The molecule has 2 amide bonds. The van der Waals surface area contributed by atoms with Gasteiger partial charge in [0.1, 0.15) is 11.9 Å². The SMILES string of the molecule is C[C@@H](C(=O)NC1CCCC1)N(Cc1ccc(F)cc1)C(=O)CC(c1ccccc1)c1ccccc1. The smallest absolute Gasteiger partial charge is 0.242 e. The van der Waals surface area contributed by atoms with Crippen LogP contribution in [-0.2, 0) is 16.1 Å². The molecule has 0 heterocycles. The minimum absolute atomic E-state index is 0.110. The second-order valence-corrected chi connectivity index (χ2v) is 9.39. The molecule has 3 aromatic rings. The first kappa shape index (κ1) is 24.6. The standard InChI is InChI=1S/C30H33FN2O2/c1-22(30(35)32-27-14-8-9-15-27)33(21-23-16-18-26(31)19-17-23)29(34)20-28(24-10-4-2-5-11-24)25-12-6-3-7-13-25/h2-7,10-13,16-19,22,27-28H,8-9,14-15,20-21H2,1H3,(H,32,35)/t22-/m0/s1. The highest BCUT2D eigenvalue weighted by molar-refractivity contribution is 5.88. The van der Waals surface area contributed by atoms with Gasteiger partial charge in [0, 0.05) is 24.9 Å². The third-order valence-corrected chi connectivity index (χ3v) is 6.92. The van der Waals surface area contributed by atoms with E-state index in [1.165, 1.54) is 12.1 Å². The van der Waals surface area contributed by atoms with Crippen LogP contribution in [0.25, 0.3) is 0 Å². The van der Waals surface area contributed by atoms with Crippen molar-refractivity contribution in [1.82, 2.24) is 10.2 Å². The van der Waals surface area contributed by atoms with Crippen LogP contribution in [0, 0.1) is 5.82 Å².